The summed E-state index contributed by atoms with van der Waals surface area (Å²) in [4.78, 5) is 2.69. The Balaban J connectivity index is 1.43. The lowest BCUT2D eigenvalue weighted by atomic mass is 10.1. The predicted molar refractivity (Wildman–Crippen MR) is 120 cm³/mol. The molecule has 2 aromatic rings. The number of methoxy groups -OCH3 is 2. The van der Waals surface area contributed by atoms with Gasteiger partial charge < -0.3 is 9.47 Å². The van der Waals surface area contributed by atoms with Crippen LogP contribution in [0, 0.1) is 0 Å². The lowest BCUT2D eigenvalue weighted by Gasteiger charge is -2.34. The van der Waals surface area contributed by atoms with Gasteiger partial charge in [0, 0.05) is 32.7 Å². The summed E-state index contributed by atoms with van der Waals surface area (Å²) in [6, 6.07) is 9.55. The summed E-state index contributed by atoms with van der Waals surface area (Å²) >= 11 is 3.62. The molecule has 0 amide bonds. The molecule has 0 radical (unpaired) electrons. The molecule has 1 aliphatic heterocycles. The molecule has 1 heterocycles. The van der Waals surface area contributed by atoms with E-state index in [9.17, 15) is 8.42 Å². The quantitative estimate of drug-likeness (QED) is 0.615. The fourth-order valence-corrected chi connectivity index (χ4v) is 6.37. The van der Waals surface area contributed by atoms with Crippen molar-refractivity contribution >= 4 is 26.0 Å². The Morgan fingerprint density at radius 3 is 2.40 bits per heavy atom. The van der Waals surface area contributed by atoms with Gasteiger partial charge in [0.2, 0.25) is 10.0 Å². The maximum Gasteiger partial charge on any atom is 0.243 e. The Morgan fingerprint density at radius 2 is 1.70 bits per heavy atom. The Hall–Kier alpha value is -1.61. The molecule has 2 aromatic carbocycles. The largest absolute Gasteiger partial charge is 0.493 e. The zero-order chi connectivity index (χ0) is 21.3. The van der Waals surface area contributed by atoms with Crippen molar-refractivity contribution in [2.24, 2.45) is 0 Å². The van der Waals surface area contributed by atoms with Gasteiger partial charge in [-0.05, 0) is 70.1 Å². The average molecular weight is 495 g/mol. The van der Waals surface area contributed by atoms with E-state index in [0.29, 0.717) is 49.1 Å². The van der Waals surface area contributed by atoms with E-state index in [4.69, 9.17) is 9.47 Å². The van der Waals surface area contributed by atoms with Crippen LogP contribution in [0.5, 0.6) is 11.5 Å². The Kier molecular flexibility index (Phi) is 6.39. The number of benzene rings is 2. The fraction of sp³-hybridized carbons (Fsp3) is 0.455. The number of nitrogens with zero attached hydrogens (tertiary/aromatic N) is 2. The Labute approximate surface area is 187 Å². The molecule has 30 heavy (non-hydrogen) atoms. The molecule has 0 saturated carbocycles. The molecule has 6 nitrogen and oxygen atoms in total. The summed E-state index contributed by atoms with van der Waals surface area (Å²) in [5, 5.41) is 0. The fourth-order valence-electron chi connectivity index (χ4n) is 4.28. The number of sulfonamides is 1. The predicted octanol–water partition coefficient (Wildman–Crippen LogP) is 3.46. The standard InChI is InChI=1S/C22H27BrN2O4S/c1-28-20-9-7-18(21(23)22(20)29-2)15-24-10-12-25(13-11-24)30(26,27)19-8-6-16-4-3-5-17(16)14-19/h6-9,14H,3-5,10-13,15H2,1-2H3. The van der Waals surface area contributed by atoms with Crippen molar-refractivity contribution in [2.45, 2.75) is 30.7 Å². The third kappa shape index (κ3) is 4.10. The first-order valence-electron chi connectivity index (χ1n) is 10.2. The molecule has 0 atom stereocenters. The number of ether oxygens (including phenoxy) is 2. The number of hydrogen-bond acceptors (Lipinski definition) is 5. The van der Waals surface area contributed by atoms with Crippen molar-refractivity contribution in [2.75, 3.05) is 40.4 Å². The highest BCUT2D eigenvalue weighted by Crippen LogP contribution is 2.38. The minimum Gasteiger partial charge on any atom is -0.493 e. The van der Waals surface area contributed by atoms with Gasteiger partial charge in [0.1, 0.15) is 0 Å². The van der Waals surface area contributed by atoms with E-state index in [2.05, 4.69) is 20.8 Å². The first-order chi connectivity index (χ1) is 14.4. The maximum absolute atomic E-state index is 13.1. The van der Waals surface area contributed by atoms with Crippen molar-refractivity contribution in [3.05, 3.63) is 51.5 Å². The molecule has 2 aliphatic rings. The van der Waals surface area contributed by atoms with Gasteiger partial charge in [0.05, 0.1) is 23.6 Å². The highest BCUT2D eigenvalue weighted by molar-refractivity contribution is 9.10. The third-order valence-corrected chi connectivity index (χ3v) is 8.76. The minimum atomic E-state index is -3.45. The summed E-state index contributed by atoms with van der Waals surface area (Å²) in [6.45, 7) is 3.07. The second kappa shape index (κ2) is 8.86. The lowest BCUT2D eigenvalue weighted by molar-refractivity contribution is 0.181. The van der Waals surface area contributed by atoms with Crippen LogP contribution in [0.1, 0.15) is 23.1 Å². The van der Waals surface area contributed by atoms with Crippen LogP contribution < -0.4 is 9.47 Å². The van der Waals surface area contributed by atoms with E-state index in [1.807, 2.05) is 24.3 Å². The lowest BCUT2D eigenvalue weighted by Crippen LogP contribution is -2.48. The van der Waals surface area contributed by atoms with E-state index in [1.54, 1.807) is 24.6 Å². The molecule has 0 spiro atoms. The van der Waals surface area contributed by atoms with E-state index in [1.165, 1.54) is 11.1 Å². The molecule has 0 unspecified atom stereocenters. The van der Waals surface area contributed by atoms with Crippen molar-refractivity contribution in [3.63, 3.8) is 0 Å². The van der Waals surface area contributed by atoms with Gasteiger partial charge >= 0.3 is 0 Å². The number of hydrogen-bond donors (Lipinski definition) is 0. The molecular weight excluding hydrogens is 468 g/mol. The Morgan fingerprint density at radius 1 is 0.967 bits per heavy atom. The molecule has 4 rings (SSSR count). The Bertz CT molecular complexity index is 1030. The minimum absolute atomic E-state index is 0.430. The monoisotopic (exact) mass is 494 g/mol. The SMILES string of the molecule is COc1ccc(CN2CCN(S(=O)(=O)c3ccc4c(c3)CCC4)CC2)c(Br)c1OC. The van der Waals surface area contributed by atoms with Crippen LogP contribution >= 0.6 is 15.9 Å². The molecular formula is C22H27BrN2O4S. The van der Waals surface area contributed by atoms with Gasteiger partial charge in [-0.2, -0.15) is 4.31 Å². The van der Waals surface area contributed by atoms with E-state index in [0.717, 1.165) is 29.3 Å². The number of piperazine rings is 1. The van der Waals surface area contributed by atoms with Gasteiger partial charge in [-0.25, -0.2) is 8.42 Å². The number of rotatable bonds is 6. The van der Waals surface area contributed by atoms with Gasteiger partial charge in [-0.1, -0.05) is 12.1 Å². The van der Waals surface area contributed by atoms with Gasteiger partial charge in [0.15, 0.2) is 11.5 Å². The summed E-state index contributed by atoms with van der Waals surface area (Å²) < 4.78 is 39.5. The number of fused-ring (bicyclic) bond motifs is 1. The molecule has 0 aromatic heterocycles. The zero-order valence-corrected chi connectivity index (χ0v) is 19.8. The van der Waals surface area contributed by atoms with Crippen molar-refractivity contribution in [1.29, 1.82) is 0 Å². The van der Waals surface area contributed by atoms with Crippen LogP contribution in [0.25, 0.3) is 0 Å². The van der Waals surface area contributed by atoms with Crippen molar-refractivity contribution in [1.82, 2.24) is 9.21 Å². The van der Waals surface area contributed by atoms with Gasteiger partial charge in [-0.15, -0.1) is 0 Å². The second-order valence-electron chi connectivity index (χ2n) is 7.74. The number of halogens is 1. The maximum atomic E-state index is 13.1. The molecule has 0 bridgehead atoms. The summed E-state index contributed by atoms with van der Waals surface area (Å²) in [6.07, 6.45) is 3.15. The van der Waals surface area contributed by atoms with Crippen molar-refractivity contribution < 1.29 is 17.9 Å². The second-order valence-corrected chi connectivity index (χ2v) is 10.5. The number of aryl methyl sites for hydroxylation is 2. The van der Waals surface area contributed by atoms with Gasteiger partial charge in [0.25, 0.3) is 0 Å². The molecule has 1 fully saturated rings. The molecule has 0 N–H and O–H groups in total. The molecule has 1 aliphatic carbocycles. The average Bonchev–Trinajstić information content (AvgIpc) is 3.23. The molecule has 162 valence electrons. The van der Waals surface area contributed by atoms with Crippen molar-refractivity contribution in [3.8, 4) is 11.5 Å². The third-order valence-electron chi connectivity index (χ3n) is 6.00. The van der Waals surface area contributed by atoms with E-state index < -0.39 is 10.0 Å². The molecule has 8 heteroatoms. The van der Waals surface area contributed by atoms with Crippen LogP contribution in [0.2, 0.25) is 0 Å². The summed E-state index contributed by atoms with van der Waals surface area (Å²) in [5.41, 5.74) is 3.56. The summed E-state index contributed by atoms with van der Waals surface area (Å²) in [7, 11) is -0.211. The topological polar surface area (TPSA) is 59.1 Å². The first-order valence-corrected chi connectivity index (χ1v) is 12.4. The first kappa shape index (κ1) is 21.6. The highest BCUT2D eigenvalue weighted by Gasteiger charge is 2.29. The smallest absolute Gasteiger partial charge is 0.243 e. The van der Waals surface area contributed by atoms with Crippen LogP contribution in [0.4, 0.5) is 0 Å². The molecule has 1 saturated heterocycles. The van der Waals surface area contributed by atoms with Crippen LogP contribution in [-0.2, 0) is 29.4 Å². The normalized spacial score (nSPS) is 17.7. The van der Waals surface area contributed by atoms with Gasteiger partial charge in [-0.3, -0.25) is 4.90 Å². The van der Waals surface area contributed by atoms with Crippen LogP contribution in [0.3, 0.4) is 0 Å². The zero-order valence-electron chi connectivity index (χ0n) is 17.4. The van der Waals surface area contributed by atoms with E-state index >= 15 is 0 Å². The van der Waals surface area contributed by atoms with Crippen LogP contribution in [-0.4, -0.2) is 58.0 Å². The van der Waals surface area contributed by atoms with Crippen LogP contribution in [0.15, 0.2) is 39.7 Å². The summed E-state index contributed by atoms with van der Waals surface area (Å²) in [5.74, 6) is 1.35. The highest BCUT2D eigenvalue weighted by atomic mass is 79.9. The van der Waals surface area contributed by atoms with E-state index in [-0.39, 0.29) is 0 Å².